The number of hydrogen-bond donors (Lipinski definition) is 2. The molecule has 0 radical (unpaired) electrons. The summed E-state index contributed by atoms with van der Waals surface area (Å²) in [6, 6.07) is 14.2. The highest BCUT2D eigenvalue weighted by Crippen LogP contribution is 2.28. The van der Waals surface area contributed by atoms with Crippen molar-refractivity contribution >= 4 is 34.8 Å². The minimum Gasteiger partial charge on any atom is -0.497 e. The molecule has 2 aromatic rings. The van der Waals surface area contributed by atoms with E-state index in [4.69, 9.17) is 4.74 Å². The number of anilines is 3. The average Bonchev–Trinajstić information content (AvgIpc) is 3.10. The van der Waals surface area contributed by atoms with Gasteiger partial charge in [0, 0.05) is 42.5 Å². The normalized spacial score (nSPS) is 16.0. The van der Waals surface area contributed by atoms with Crippen molar-refractivity contribution in [2.75, 3.05) is 29.2 Å². The van der Waals surface area contributed by atoms with Gasteiger partial charge in [0.1, 0.15) is 5.75 Å². The molecule has 0 spiro atoms. The molecule has 1 heterocycles. The largest absolute Gasteiger partial charge is 0.497 e. The van der Waals surface area contributed by atoms with Gasteiger partial charge in [0.2, 0.25) is 17.7 Å². The van der Waals surface area contributed by atoms with Gasteiger partial charge in [-0.3, -0.25) is 14.4 Å². The van der Waals surface area contributed by atoms with Gasteiger partial charge in [-0.1, -0.05) is 19.1 Å². The fraction of sp³-hybridized carbons (Fsp3) is 0.286. The van der Waals surface area contributed by atoms with Crippen LogP contribution in [0.2, 0.25) is 0 Å². The quantitative estimate of drug-likeness (QED) is 0.805. The molecule has 7 nitrogen and oxygen atoms in total. The molecule has 0 saturated carbocycles. The lowest BCUT2D eigenvalue weighted by Crippen LogP contribution is -2.28. The first-order valence-corrected chi connectivity index (χ1v) is 9.15. The van der Waals surface area contributed by atoms with Crippen LogP contribution in [0.1, 0.15) is 19.8 Å². The standard InChI is InChI=1S/C21H23N3O4/c1-3-19(25)22-15-6-4-7-16(11-15)23-21(27)14-10-20(26)24(13-14)17-8-5-9-18(12-17)28-2/h4-9,11-12,14H,3,10,13H2,1-2H3,(H,22,25)(H,23,27)/t14-/m0/s1. The second kappa shape index (κ2) is 8.56. The Labute approximate surface area is 163 Å². The van der Waals surface area contributed by atoms with Gasteiger partial charge in [-0.2, -0.15) is 0 Å². The lowest BCUT2D eigenvalue weighted by molar-refractivity contribution is -0.122. The number of carbonyl (C=O) groups excluding carboxylic acids is 3. The number of methoxy groups -OCH3 is 1. The van der Waals surface area contributed by atoms with Crippen LogP contribution >= 0.6 is 0 Å². The monoisotopic (exact) mass is 381 g/mol. The summed E-state index contributed by atoms with van der Waals surface area (Å²) in [6.45, 7) is 2.08. The van der Waals surface area contributed by atoms with Gasteiger partial charge < -0.3 is 20.3 Å². The molecule has 28 heavy (non-hydrogen) atoms. The van der Waals surface area contributed by atoms with Crippen molar-refractivity contribution in [3.05, 3.63) is 48.5 Å². The highest BCUT2D eigenvalue weighted by atomic mass is 16.5. The first-order chi connectivity index (χ1) is 13.5. The van der Waals surface area contributed by atoms with E-state index in [1.807, 2.05) is 12.1 Å². The number of hydrogen-bond acceptors (Lipinski definition) is 4. The Balaban J connectivity index is 1.66. The predicted molar refractivity (Wildman–Crippen MR) is 107 cm³/mol. The van der Waals surface area contributed by atoms with E-state index in [1.54, 1.807) is 55.3 Å². The van der Waals surface area contributed by atoms with Crippen LogP contribution in [-0.4, -0.2) is 31.4 Å². The van der Waals surface area contributed by atoms with E-state index >= 15 is 0 Å². The molecule has 0 aromatic heterocycles. The van der Waals surface area contributed by atoms with E-state index in [2.05, 4.69) is 10.6 Å². The zero-order chi connectivity index (χ0) is 20.1. The summed E-state index contributed by atoms with van der Waals surface area (Å²) >= 11 is 0. The van der Waals surface area contributed by atoms with Crippen LogP contribution in [0.5, 0.6) is 5.75 Å². The Morgan fingerprint density at radius 1 is 1.11 bits per heavy atom. The van der Waals surface area contributed by atoms with Crippen molar-refractivity contribution in [2.45, 2.75) is 19.8 Å². The van der Waals surface area contributed by atoms with E-state index in [9.17, 15) is 14.4 Å². The second-order valence-electron chi connectivity index (χ2n) is 6.58. The lowest BCUT2D eigenvalue weighted by atomic mass is 10.1. The van der Waals surface area contributed by atoms with E-state index in [1.165, 1.54) is 0 Å². The van der Waals surface area contributed by atoms with Crippen LogP contribution in [0.25, 0.3) is 0 Å². The van der Waals surface area contributed by atoms with Gasteiger partial charge in [0.15, 0.2) is 0 Å². The van der Waals surface area contributed by atoms with Crippen LogP contribution in [0.15, 0.2) is 48.5 Å². The van der Waals surface area contributed by atoms with Crippen molar-refractivity contribution in [2.24, 2.45) is 5.92 Å². The smallest absolute Gasteiger partial charge is 0.229 e. The molecule has 0 bridgehead atoms. The highest BCUT2D eigenvalue weighted by Gasteiger charge is 2.35. The zero-order valence-corrected chi connectivity index (χ0v) is 15.9. The molecule has 3 amide bonds. The summed E-state index contributed by atoms with van der Waals surface area (Å²) in [7, 11) is 1.57. The van der Waals surface area contributed by atoms with Gasteiger partial charge in [0.05, 0.1) is 13.0 Å². The van der Waals surface area contributed by atoms with Crippen molar-refractivity contribution in [1.29, 1.82) is 0 Å². The first-order valence-electron chi connectivity index (χ1n) is 9.15. The van der Waals surface area contributed by atoms with E-state index in [0.717, 1.165) is 0 Å². The molecule has 0 aliphatic carbocycles. The number of nitrogens with one attached hydrogen (secondary N) is 2. The fourth-order valence-corrected chi connectivity index (χ4v) is 3.08. The lowest BCUT2D eigenvalue weighted by Gasteiger charge is -2.17. The van der Waals surface area contributed by atoms with Gasteiger partial charge in [-0.05, 0) is 30.3 Å². The minimum atomic E-state index is -0.451. The van der Waals surface area contributed by atoms with Crippen molar-refractivity contribution in [3.63, 3.8) is 0 Å². The van der Waals surface area contributed by atoms with Gasteiger partial charge >= 0.3 is 0 Å². The summed E-state index contributed by atoms with van der Waals surface area (Å²) in [5.41, 5.74) is 1.90. The molecule has 1 aliphatic heterocycles. The van der Waals surface area contributed by atoms with Crippen molar-refractivity contribution in [1.82, 2.24) is 0 Å². The van der Waals surface area contributed by atoms with Crippen molar-refractivity contribution in [3.8, 4) is 5.75 Å². The first kappa shape index (κ1) is 19.4. The summed E-state index contributed by atoms with van der Waals surface area (Å²) in [4.78, 5) is 38.2. The average molecular weight is 381 g/mol. The number of rotatable bonds is 6. The Kier molecular flexibility index (Phi) is 5.93. The number of nitrogens with zero attached hydrogens (tertiary/aromatic N) is 1. The molecule has 1 atom stereocenters. The van der Waals surface area contributed by atoms with Gasteiger partial charge in [-0.15, -0.1) is 0 Å². The molecule has 2 N–H and O–H groups in total. The molecule has 146 valence electrons. The molecule has 1 fully saturated rings. The van der Waals surface area contributed by atoms with Gasteiger partial charge in [-0.25, -0.2) is 0 Å². The van der Waals surface area contributed by atoms with Crippen LogP contribution in [0, 0.1) is 5.92 Å². The molecule has 3 rings (SSSR count). The molecular formula is C21H23N3O4. The SMILES string of the molecule is CCC(=O)Nc1cccc(NC(=O)[C@H]2CC(=O)N(c3cccc(OC)c3)C2)c1. The second-order valence-corrected chi connectivity index (χ2v) is 6.58. The van der Waals surface area contributed by atoms with Gasteiger partial charge in [0.25, 0.3) is 0 Å². The van der Waals surface area contributed by atoms with E-state index < -0.39 is 5.92 Å². The topological polar surface area (TPSA) is 87.7 Å². The highest BCUT2D eigenvalue weighted by molar-refractivity contribution is 6.03. The third-order valence-electron chi connectivity index (χ3n) is 4.60. The number of ether oxygens (including phenoxy) is 1. The van der Waals surface area contributed by atoms with E-state index in [-0.39, 0.29) is 24.1 Å². The third-order valence-corrected chi connectivity index (χ3v) is 4.60. The Hall–Kier alpha value is -3.35. The molecule has 7 heteroatoms. The Bertz CT molecular complexity index is 897. The summed E-state index contributed by atoms with van der Waals surface area (Å²) in [6.07, 6.45) is 0.524. The van der Waals surface area contributed by atoms with Crippen LogP contribution in [0.4, 0.5) is 17.1 Å². The maximum Gasteiger partial charge on any atom is 0.229 e. The van der Waals surface area contributed by atoms with Crippen LogP contribution in [-0.2, 0) is 14.4 Å². The Morgan fingerprint density at radius 3 is 2.54 bits per heavy atom. The summed E-state index contributed by atoms with van der Waals surface area (Å²) < 4.78 is 5.20. The Morgan fingerprint density at radius 2 is 1.82 bits per heavy atom. The fourth-order valence-electron chi connectivity index (χ4n) is 3.08. The molecule has 1 saturated heterocycles. The number of carbonyl (C=O) groups is 3. The maximum atomic E-state index is 12.6. The minimum absolute atomic E-state index is 0.0983. The molecule has 0 unspecified atom stereocenters. The third kappa shape index (κ3) is 4.49. The van der Waals surface area contributed by atoms with Crippen LogP contribution in [0.3, 0.4) is 0 Å². The summed E-state index contributed by atoms with van der Waals surface area (Å²) in [5, 5.41) is 5.59. The van der Waals surface area contributed by atoms with Crippen LogP contribution < -0.4 is 20.3 Å². The van der Waals surface area contributed by atoms with E-state index in [0.29, 0.717) is 35.8 Å². The van der Waals surface area contributed by atoms with Crippen molar-refractivity contribution < 1.29 is 19.1 Å². The molecule has 2 aromatic carbocycles. The number of benzene rings is 2. The molecular weight excluding hydrogens is 358 g/mol. The number of amides is 3. The molecule has 1 aliphatic rings. The maximum absolute atomic E-state index is 12.6. The zero-order valence-electron chi connectivity index (χ0n) is 15.9. The summed E-state index contributed by atoms with van der Waals surface area (Å²) in [5.74, 6) is -0.217. The predicted octanol–water partition coefficient (Wildman–Crippen LogP) is 3.04.